The molecule has 1 aliphatic carbocycles. The van der Waals surface area contributed by atoms with Gasteiger partial charge in [-0.05, 0) is 0 Å². The quantitative estimate of drug-likeness (QED) is 0.279. The first kappa shape index (κ1) is 26.9. The molecular weight excluding hydrogens is 616 g/mol. The summed E-state index contributed by atoms with van der Waals surface area (Å²) < 4.78 is 8.92. The number of carbonyl (C=O) groups is 2. The van der Waals surface area contributed by atoms with Crippen LogP contribution in [0.4, 0.5) is 0 Å². The zero-order chi connectivity index (χ0) is 25.5. The van der Waals surface area contributed by atoms with Crippen molar-refractivity contribution in [2.75, 3.05) is 39.4 Å². The number of aliphatic hydroxyl groups is 1. The predicted molar refractivity (Wildman–Crippen MR) is 135 cm³/mol. The van der Waals surface area contributed by atoms with Crippen LogP contribution in [0.25, 0.3) is 0 Å². The van der Waals surface area contributed by atoms with Gasteiger partial charge in [-0.3, -0.25) is 0 Å². The van der Waals surface area contributed by atoms with Crippen LogP contribution in [-0.2, 0) is 20.7 Å². The van der Waals surface area contributed by atoms with Crippen molar-refractivity contribution in [1.82, 2.24) is 12.9 Å². The van der Waals surface area contributed by atoms with E-state index < -0.39 is 11.1 Å². The van der Waals surface area contributed by atoms with Crippen LogP contribution in [0, 0.1) is 0 Å². The third kappa shape index (κ3) is 5.15. The van der Waals surface area contributed by atoms with Crippen molar-refractivity contribution < 1.29 is 40.9 Å². The van der Waals surface area contributed by atoms with Crippen molar-refractivity contribution in [3.63, 3.8) is 0 Å². The van der Waals surface area contributed by atoms with Gasteiger partial charge in [0.2, 0.25) is 0 Å². The Bertz CT molecular complexity index is 1000. The summed E-state index contributed by atoms with van der Waals surface area (Å²) in [6, 6.07) is 5.19. The molecule has 3 aliphatic heterocycles. The number of benzene rings is 1. The van der Waals surface area contributed by atoms with Crippen molar-refractivity contribution in [1.29, 1.82) is 0 Å². The number of alkyl halides is 1. The number of hydrogen-bond donors (Lipinski definition) is 1. The van der Waals surface area contributed by atoms with E-state index in [-0.39, 0.29) is 49.7 Å². The van der Waals surface area contributed by atoms with Gasteiger partial charge in [-0.25, -0.2) is 0 Å². The third-order valence-corrected chi connectivity index (χ3v) is 12.5. The molecule has 1 N–H and O–H groups in total. The summed E-state index contributed by atoms with van der Waals surface area (Å²) in [4.78, 5) is 31.4. The minimum atomic E-state index is -1.29. The standard InChI is InChI=1S/C26H35Cl2IN3O4/c1-25-17-36-16-21(29-30-10-4-5-11-30)23(25)31(22(33)15-18-6-7-19(27)20(28)14-18)12-13-32(25)24(34)26(35)8-2-3-9-26/h6-7,14,21,23,35H,2-5,8-13,15-17H2,1H3/q-1. The molecule has 3 heterocycles. The summed E-state index contributed by atoms with van der Waals surface area (Å²) in [5.41, 5.74) is -1.15. The van der Waals surface area contributed by atoms with E-state index in [0.29, 0.717) is 49.2 Å². The fourth-order valence-electron chi connectivity index (χ4n) is 6.31. The second kappa shape index (κ2) is 10.8. The summed E-state index contributed by atoms with van der Waals surface area (Å²) in [6.45, 7) is 6.11. The zero-order valence-corrected chi connectivity index (χ0v) is 24.4. The van der Waals surface area contributed by atoms with Crippen LogP contribution in [0.1, 0.15) is 51.0 Å². The number of nitrogens with zero attached hydrogens (tertiary/aromatic N) is 3. The van der Waals surface area contributed by atoms with Crippen molar-refractivity contribution >= 4 is 35.0 Å². The molecule has 4 aliphatic rings. The van der Waals surface area contributed by atoms with E-state index in [1.807, 2.05) is 15.9 Å². The fraction of sp³-hybridized carbons (Fsp3) is 0.692. The minimum absolute atomic E-state index is 0.0358. The van der Waals surface area contributed by atoms with Crippen molar-refractivity contribution in [3.05, 3.63) is 33.8 Å². The molecule has 3 unspecified atom stereocenters. The first-order valence-corrected chi connectivity index (χ1v) is 15.9. The molecule has 1 saturated carbocycles. The Balaban J connectivity index is 1.44. The Morgan fingerprint density at radius 2 is 1.81 bits per heavy atom. The van der Waals surface area contributed by atoms with E-state index in [0.717, 1.165) is 31.5 Å². The average molecular weight is 651 g/mol. The zero-order valence-electron chi connectivity index (χ0n) is 20.7. The van der Waals surface area contributed by atoms with E-state index in [9.17, 15) is 14.7 Å². The molecule has 10 heteroatoms. The second-order valence-corrected chi connectivity index (χ2v) is 15.1. The van der Waals surface area contributed by atoms with Gasteiger partial charge in [-0.2, -0.15) is 0 Å². The van der Waals surface area contributed by atoms with E-state index in [4.69, 9.17) is 27.9 Å². The molecule has 0 aromatic heterocycles. The Morgan fingerprint density at radius 3 is 2.50 bits per heavy atom. The van der Waals surface area contributed by atoms with Gasteiger partial charge < -0.3 is 0 Å². The fourth-order valence-corrected chi connectivity index (χ4v) is 10.8. The first-order valence-electron chi connectivity index (χ1n) is 13.0. The van der Waals surface area contributed by atoms with Gasteiger partial charge in [0, 0.05) is 0 Å². The molecule has 0 bridgehead atoms. The van der Waals surface area contributed by atoms with Crippen LogP contribution in [0.15, 0.2) is 18.2 Å². The normalized spacial score (nSPS) is 30.6. The van der Waals surface area contributed by atoms with Gasteiger partial charge >= 0.3 is 235 Å². The Hall–Kier alpha value is -0.650. The molecule has 3 atom stereocenters. The monoisotopic (exact) mass is 650 g/mol. The van der Waals surface area contributed by atoms with E-state index >= 15 is 0 Å². The molecule has 200 valence electrons. The Morgan fingerprint density at radius 1 is 1.08 bits per heavy atom. The Kier molecular flexibility index (Phi) is 8.12. The van der Waals surface area contributed by atoms with Crippen LogP contribution in [0.2, 0.25) is 10.0 Å². The predicted octanol–water partition coefficient (Wildman–Crippen LogP) is 0.138. The number of piperazine rings is 1. The summed E-state index contributed by atoms with van der Waals surface area (Å²) >= 11 is 11.9. The van der Waals surface area contributed by atoms with Gasteiger partial charge in [0.1, 0.15) is 0 Å². The number of amides is 2. The van der Waals surface area contributed by atoms with Crippen LogP contribution >= 0.6 is 23.2 Å². The molecule has 0 spiro atoms. The Labute approximate surface area is 234 Å². The molecular formula is C26H35Cl2IN3O4-. The molecule has 0 radical (unpaired) electrons. The molecule has 36 heavy (non-hydrogen) atoms. The SMILES string of the molecule is CC12COCC([I-]N3CCCC3)C1N(C(=O)Cc1ccc(Cl)c(Cl)c1)CCN2C(=O)C1(O)CCCC1. The summed E-state index contributed by atoms with van der Waals surface area (Å²) in [6.07, 6.45) is 5.41. The van der Waals surface area contributed by atoms with E-state index in [2.05, 4.69) is 10.0 Å². The van der Waals surface area contributed by atoms with E-state index in [1.54, 1.807) is 12.1 Å². The third-order valence-electron chi connectivity index (χ3n) is 8.22. The number of fused-ring (bicyclic) bond motifs is 1. The molecule has 5 rings (SSSR count). The molecule has 2 amide bonds. The molecule has 1 aromatic rings. The van der Waals surface area contributed by atoms with Gasteiger partial charge in [-0.1, -0.05) is 0 Å². The van der Waals surface area contributed by atoms with Crippen LogP contribution in [0.3, 0.4) is 0 Å². The topological polar surface area (TPSA) is 73.3 Å². The number of ether oxygens (including phenoxy) is 1. The average Bonchev–Trinajstić information content (AvgIpc) is 3.52. The summed E-state index contributed by atoms with van der Waals surface area (Å²) in [5, 5.41) is 12.1. The second-order valence-electron chi connectivity index (χ2n) is 10.8. The van der Waals surface area contributed by atoms with Crippen LogP contribution in [-0.4, -0.2) is 90.3 Å². The van der Waals surface area contributed by atoms with Crippen molar-refractivity contribution in [2.24, 2.45) is 0 Å². The number of hydrogen-bond acceptors (Lipinski definition) is 5. The number of rotatable bonds is 5. The van der Waals surface area contributed by atoms with Gasteiger partial charge in [-0.15, -0.1) is 0 Å². The van der Waals surface area contributed by atoms with Gasteiger partial charge in [0.05, 0.1) is 0 Å². The molecule has 1 aromatic carbocycles. The van der Waals surface area contributed by atoms with Crippen molar-refractivity contribution in [3.8, 4) is 0 Å². The summed E-state index contributed by atoms with van der Waals surface area (Å²) in [7, 11) is 0. The molecule has 7 nitrogen and oxygen atoms in total. The first-order chi connectivity index (χ1) is 17.2. The number of carbonyl (C=O) groups excluding carboxylic acids is 2. The maximum absolute atomic E-state index is 13.8. The maximum atomic E-state index is 13.8. The van der Waals surface area contributed by atoms with Crippen LogP contribution in [0.5, 0.6) is 0 Å². The molecule has 4 fully saturated rings. The van der Waals surface area contributed by atoms with Gasteiger partial charge in [0.25, 0.3) is 0 Å². The van der Waals surface area contributed by atoms with Crippen molar-refractivity contribution in [2.45, 2.75) is 73.0 Å². The van der Waals surface area contributed by atoms with Gasteiger partial charge in [0.15, 0.2) is 0 Å². The summed E-state index contributed by atoms with van der Waals surface area (Å²) in [5.74, 6) is -0.152. The number of halogens is 3. The van der Waals surface area contributed by atoms with E-state index in [1.165, 1.54) is 12.8 Å². The molecule has 3 saturated heterocycles. The van der Waals surface area contributed by atoms with Crippen LogP contribution < -0.4 is 21.5 Å².